The number of aromatic nitrogens is 3. The number of hydrogen-bond donors (Lipinski definition) is 1. The smallest absolute Gasteiger partial charge is 0.261 e. The highest BCUT2D eigenvalue weighted by Crippen LogP contribution is 2.24. The average molecular weight is 340 g/mol. The molecule has 1 aliphatic heterocycles. The molecule has 1 fully saturated rings. The maximum absolute atomic E-state index is 13.1. The number of carbonyl (C=O) groups excluding carboxylic acids is 1. The van der Waals surface area contributed by atoms with Gasteiger partial charge in [0.25, 0.3) is 11.5 Å². The Hall–Kier alpha value is -2.37. The van der Waals surface area contributed by atoms with Crippen LogP contribution in [0.5, 0.6) is 0 Å². The van der Waals surface area contributed by atoms with Gasteiger partial charge in [-0.25, -0.2) is 0 Å². The van der Waals surface area contributed by atoms with Gasteiger partial charge in [0.05, 0.1) is 0 Å². The number of nitrogens with zero attached hydrogens (tertiary/aromatic N) is 3. The summed E-state index contributed by atoms with van der Waals surface area (Å²) in [5.74, 6) is -0.110. The zero-order valence-corrected chi connectivity index (χ0v) is 14.4. The Morgan fingerprint density at radius 3 is 3.04 bits per heavy atom. The zero-order chi connectivity index (χ0) is 17.2. The number of aryl methyl sites for hydroxylation is 3. The second-order valence-electron chi connectivity index (χ2n) is 7.08. The summed E-state index contributed by atoms with van der Waals surface area (Å²) in [5, 5.41) is 4.24. The maximum Gasteiger partial charge on any atom is 0.261 e. The standard InChI is InChI=1S/C19H24N4O2/c24-18-16(13-14-5-3-7-17(14)21-18)19(25)23-11-2-1-6-15(23)8-12-22-10-4-9-20-22/h4,9-10,13,15H,1-3,5-8,11-12H2,(H,21,24). The minimum Gasteiger partial charge on any atom is -0.335 e. The van der Waals surface area contributed by atoms with Gasteiger partial charge in [0.15, 0.2) is 0 Å². The molecule has 1 unspecified atom stereocenters. The molecule has 0 spiro atoms. The van der Waals surface area contributed by atoms with E-state index in [-0.39, 0.29) is 17.5 Å². The maximum atomic E-state index is 13.1. The van der Waals surface area contributed by atoms with Gasteiger partial charge in [-0.15, -0.1) is 0 Å². The van der Waals surface area contributed by atoms with Gasteiger partial charge in [-0.1, -0.05) is 0 Å². The van der Waals surface area contributed by atoms with Crippen molar-refractivity contribution < 1.29 is 4.79 Å². The number of likely N-dealkylation sites (tertiary alicyclic amines) is 1. The van der Waals surface area contributed by atoms with Gasteiger partial charge in [0, 0.05) is 37.2 Å². The number of carbonyl (C=O) groups is 1. The second kappa shape index (κ2) is 6.86. The van der Waals surface area contributed by atoms with Crippen LogP contribution >= 0.6 is 0 Å². The lowest BCUT2D eigenvalue weighted by atomic mass is 9.98. The highest BCUT2D eigenvalue weighted by molar-refractivity contribution is 5.94. The number of pyridine rings is 1. The van der Waals surface area contributed by atoms with E-state index in [1.165, 1.54) is 0 Å². The van der Waals surface area contributed by atoms with Crippen molar-refractivity contribution in [2.45, 2.75) is 57.5 Å². The molecule has 1 amide bonds. The molecule has 0 aromatic carbocycles. The van der Waals surface area contributed by atoms with Crippen molar-refractivity contribution >= 4 is 5.91 Å². The Bertz CT molecular complexity index is 809. The average Bonchev–Trinajstić information content (AvgIpc) is 3.30. The molecule has 1 saturated heterocycles. The summed E-state index contributed by atoms with van der Waals surface area (Å²) < 4.78 is 1.90. The number of fused-ring (bicyclic) bond motifs is 1. The molecular formula is C19H24N4O2. The van der Waals surface area contributed by atoms with E-state index in [0.29, 0.717) is 5.56 Å². The van der Waals surface area contributed by atoms with Gasteiger partial charge < -0.3 is 9.88 Å². The Morgan fingerprint density at radius 1 is 1.28 bits per heavy atom. The van der Waals surface area contributed by atoms with Crippen molar-refractivity contribution in [3.63, 3.8) is 0 Å². The summed E-state index contributed by atoms with van der Waals surface area (Å²) >= 11 is 0. The van der Waals surface area contributed by atoms with Crippen LogP contribution in [0.1, 0.15) is 53.7 Å². The number of nitrogens with one attached hydrogen (secondary N) is 1. The third-order valence-corrected chi connectivity index (χ3v) is 5.46. The third-order valence-electron chi connectivity index (χ3n) is 5.46. The quantitative estimate of drug-likeness (QED) is 0.927. The van der Waals surface area contributed by atoms with E-state index in [9.17, 15) is 9.59 Å². The number of hydrogen-bond acceptors (Lipinski definition) is 3. The molecule has 132 valence electrons. The molecular weight excluding hydrogens is 316 g/mol. The van der Waals surface area contributed by atoms with Crippen LogP contribution in [-0.2, 0) is 19.4 Å². The van der Waals surface area contributed by atoms with E-state index < -0.39 is 0 Å². The minimum absolute atomic E-state index is 0.110. The highest BCUT2D eigenvalue weighted by atomic mass is 16.2. The van der Waals surface area contributed by atoms with Crippen LogP contribution in [0.25, 0.3) is 0 Å². The van der Waals surface area contributed by atoms with Crippen molar-refractivity contribution in [1.82, 2.24) is 19.7 Å². The Morgan fingerprint density at radius 2 is 2.20 bits per heavy atom. The van der Waals surface area contributed by atoms with Crippen LogP contribution in [0, 0.1) is 0 Å². The molecule has 0 radical (unpaired) electrons. The molecule has 1 aliphatic carbocycles. The van der Waals surface area contributed by atoms with Crippen molar-refractivity contribution in [3.05, 3.63) is 51.7 Å². The molecule has 0 saturated carbocycles. The summed E-state index contributed by atoms with van der Waals surface area (Å²) in [7, 11) is 0. The first-order valence-electron chi connectivity index (χ1n) is 9.26. The third kappa shape index (κ3) is 3.25. The Kier molecular flexibility index (Phi) is 4.42. The number of rotatable bonds is 4. The topological polar surface area (TPSA) is 71.0 Å². The van der Waals surface area contributed by atoms with Gasteiger partial charge in [0.2, 0.25) is 0 Å². The molecule has 2 aromatic heterocycles. The van der Waals surface area contributed by atoms with E-state index >= 15 is 0 Å². The summed E-state index contributed by atoms with van der Waals surface area (Å²) in [6.45, 7) is 1.53. The van der Waals surface area contributed by atoms with Crippen molar-refractivity contribution in [1.29, 1.82) is 0 Å². The predicted molar refractivity (Wildman–Crippen MR) is 94.6 cm³/mol. The van der Waals surface area contributed by atoms with Gasteiger partial charge in [-0.3, -0.25) is 14.3 Å². The summed E-state index contributed by atoms with van der Waals surface area (Å²) in [6, 6.07) is 3.93. The van der Waals surface area contributed by atoms with Crippen LogP contribution in [0.2, 0.25) is 0 Å². The number of amides is 1. The monoisotopic (exact) mass is 340 g/mol. The van der Waals surface area contributed by atoms with Crippen LogP contribution in [0.4, 0.5) is 0 Å². The first-order valence-corrected chi connectivity index (χ1v) is 9.26. The van der Waals surface area contributed by atoms with Crippen molar-refractivity contribution in [2.75, 3.05) is 6.54 Å². The molecule has 1 atom stereocenters. The Labute approximate surface area is 146 Å². The normalized spacial score (nSPS) is 19.8. The highest BCUT2D eigenvalue weighted by Gasteiger charge is 2.29. The molecule has 6 nitrogen and oxygen atoms in total. The SMILES string of the molecule is O=C(c1cc2c([nH]c1=O)CCC2)N1CCCCC1CCn1cccn1. The van der Waals surface area contributed by atoms with Crippen LogP contribution in [0.3, 0.4) is 0 Å². The van der Waals surface area contributed by atoms with Crippen molar-refractivity contribution in [2.24, 2.45) is 0 Å². The van der Waals surface area contributed by atoms with Gasteiger partial charge in [-0.2, -0.15) is 5.10 Å². The van der Waals surface area contributed by atoms with E-state index in [1.54, 1.807) is 6.20 Å². The fraction of sp³-hybridized carbons (Fsp3) is 0.526. The largest absolute Gasteiger partial charge is 0.335 e. The fourth-order valence-corrected chi connectivity index (χ4v) is 4.11. The number of piperidine rings is 1. The van der Waals surface area contributed by atoms with Crippen molar-refractivity contribution in [3.8, 4) is 0 Å². The second-order valence-corrected chi connectivity index (χ2v) is 7.08. The summed E-state index contributed by atoms with van der Waals surface area (Å²) in [5.41, 5.74) is 2.22. The molecule has 2 aromatic rings. The first kappa shape index (κ1) is 16.1. The molecule has 1 N–H and O–H groups in total. The lowest BCUT2D eigenvalue weighted by Crippen LogP contribution is -2.45. The van der Waals surface area contributed by atoms with Crippen LogP contribution < -0.4 is 5.56 Å². The molecule has 4 rings (SSSR count). The van der Waals surface area contributed by atoms with Crippen LogP contribution in [0.15, 0.2) is 29.3 Å². The van der Waals surface area contributed by atoms with Crippen LogP contribution in [-0.4, -0.2) is 38.2 Å². The molecule has 0 bridgehead atoms. The molecule has 6 heteroatoms. The molecule has 25 heavy (non-hydrogen) atoms. The van der Waals surface area contributed by atoms with E-state index in [4.69, 9.17) is 0 Å². The lowest BCUT2D eigenvalue weighted by molar-refractivity contribution is 0.0592. The summed E-state index contributed by atoms with van der Waals surface area (Å²) in [4.78, 5) is 30.3. The van der Waals surface area contributed by atoms with Gasteiger partial charge in [0.1, 0.15) is 5.56 Å². The fourth-order valence-electron chi connectivity index (χ4n) is 4.11. The minimum atomic E-state index is -0.234. The number of aromatic amines is 1. The van der Waals surface area contributed by atoms with E-state index in [0.717, 1.165) is 69.3 Å². The zero-order valence-electron chi connectivity index (χ0n) is 14.4. The summed E-state index contributed by atoms with van der Waals surface area (Å²) in [6.07, 6.45) is 10.6. The number of H-pyrrole nitrogens is 1. The Balaban J connectivity index is 1.53. The van der Waals surface area contributed by atoms with E-state index in [1.807, 2.05) is 27.9 Å². The molecule has 3 heterocycles. The first-order chi connectivity index (χ1) is 12.2. The predicted octanol–water partition coefficient (Wildman–Crippen LogP) is 2.15. The van der Waals surface area contributed by atoms with E-state index in [2.05, 4.69) is 10.1 Å². The lowest BCUT2D eigenvalue weighted by Gasteiger charge is -2.35. The van der Waals surface area contributed by atoms with Gasteiger partial charge >= 0.3 is 0 Å². The molecule has 2 aliphatic rings. The van der Waals surface area contributed by atoms with Gasteiger partial charge in [-0.05, 0) is 62.6 Å².